The van der Waals surface area contributed by atoms with Crippen molar-refractivity contribution >= 4 is 22.2 Å². The smallest absolute Gasteiger partial charge is 0.332 e. The SMILES string of the molecule is Cc1sc(Nc2ccc(F)c(C(F)(F)F)c2)nc1-c1cccnc1. The van der Waals surface area contributed by atoms with Gasteiger partial charge in [-0.05, 0) is 37.3 Å². The van der Waals surface area contributed by atoms with Crippen LogP contribution in [-0.2, 0) is 6.18 Å². The normalized spacial score (nSPS) is 11.5. The van der Waals surface area contributed by atoms with Gasteiger partial charge in [-0.3, -0.25) is 4.98 Å². The van der Waals surface area contributed by atoms with Gasteiger partial charge in [0.1, 0.15) is 5.82 Å². The molecule has 1 aromatic carbocycles. The predicted octanol–water partition coefficient (Wildman–Crippen LogP) is 5.42. The number of benzene rings is 1. The summed E-state index contributed by atoms with van der Waals surface area (Å²) in [5, 5.41) is 3.22. The molecule has 0 radical (unpaired) electrons. The van der Waals surface area contributed by atoms with Crippen LogP contribution >= 0.6 is 11.3 Å². The van der Waals surface area contributed by atoms with Crippen LogP contribution in [0.3, 0.4) is 0 Å². The third-order valence-electron chi connectivity index (χ3n) is 3.25. The monoisotopic (exact) mass is 353 g/mol. The highest BCUT2D eigenvalue weighted by Crippen LogP contribution is 2.35. The molecule has 0 saturated heterocycles. The summed E-state index contributed by atoms with van der Waals surface area (Å²) in [6, 6.07) is 6.38. The fraction of sp³-hybridized carbons (Fsp3) is 0.125. The lowest BCUT2D eigenvalue weighted by Crippen LogP contribution is -2.08. The van der Waals surface area contributed by atoms with Gasteiger partial charge in [0.2, 0.25) is 0 Å². The highest BCUT2D eigenvalue weighted by Gasteiger charge is 2.34. The maximum Gasteiger partial charge on any atom is 0.419 e. The molecule has 3 aromatic rings. The summed E-state index contributed by atoms with van der Waals surface area (Å²) in [6.45, 7) is 1.86. The van der Waals surface area contributed by atoms with Gasteiger partial charge < -0.3 is 5.32 Å². The van der Waals surface area contributed by atoms with Crippen LogP contribution < -0.4 is 5.32 Å². The van der Waals surface area contributed by atoms with Gasteiger partial charge in [0.25, 0.3) is 0 Å². The molecular formula is C16H11F4N3S. The number of hydrogen-bond acceptors (Lipinski definition) is 4. The van der Waals surface area contributed by atoms with Crippen molar-refractivity contribution in [3.63, 3.8) is 0 Å². The van der Waals surface area contributed by atoms with E-state index in [9.17, 15) is 17.6 Å². The van der Waals surface area contributed by atoms with Crippen LogP contribution in [0.2, 0.25) is 0 Å². The summed E-state index contributed by atoms with van der Waals surface area (Å²) in [5.41, 5.74) is 0.326. The van der Waals surface area contributed by atoms with E-state index < -0.39 is 17.6 Å². The summed E-state index contributed by atoms with van der Waals surface area (Å²) in [5.74, 6) is -1.31. The van der Waals surface area contributed by atoms with E-state index >= 15 is 0 Å². The topological polar surface area (TPSA) is 37.8 Å². The Morgan fingerprint density at radius 3 is 2.62 bits per heavy atom. The lowest BCUT2D eigenvalue weighted by atomic mass is 10.2. The van der Waals surface area contributed by atoms with E-state index in [1.165, 1.54) is 17.4 Å². The second-order valence-electron chi connectivity index (χ2n) is 4.98. The van der Waals surface area contributed by atoms with Crippen LogP contribution in [0.15, 0.2) is 42.7 Å². The minimum Gasteiger partial charge on any atom is -0.332 e. The fourth-order valence-corrected chi connectivity index (χ4v) is 3.02. The molecule has 0 saturated carbocycles. The Kier molecular flexibility index (Phi) is 4.23. The number of nitrogens with zero attached hydrogens (tertiary/aromatic N) is 2. The molecule has 0 atom stereocenters. The zero-order valence-corrected chi connectivity index (χ0v) is 13.2. The number of anilines is 2. The first-order valence-corrected chi connectivity index (χ1v) is 7.68. The van der Waals surface area contributed by atoms with Crippen molar-refractivity contribution in [2.24, 2.45) is 0 Å². The van der Waals surface area contributed by atoms with E-state index in [-0.39, 0.29) is 5.69 Å². The minimum absolute atomic E-state index is 0.121. The number of pyridine rings is 1. The number of halogens is 4. The molecule has 2 aromatic heterocycles. The quantitative estimate of drug-likeness (QED) is 0.639. The molecule has 124 valence electrons. The van der Waals surface area contributed by atoms with Crippen LogP contribution in [0.25, 0.3) is 11.3 Å². The molecule has 0 unspecified atom stereocenters. The van der Waals surface area contributed by atoms with E-state index in [1.807, 2.05) is 13.0 Å². The Labute approximate surface area is 139 Å². The van der Waals surface area contributed by atoms with Gasteiger partial charge in [-0.2, -0.15) is 13.2 Å². The maximum atomic E-state index is 13.3. The maximum absolute atomic E-state index is 13.3. The predicted molar refractivity (Wildman–Crippen MR) is 84.8 cm³/mol. The molecule has 3 rings (SSSR count). The van der Waals surface area contributed by atoms with Crippen LogP contribution in [-0.4, -0.2) is 9.97 Å². The first-order valence-electron chi connectivity index (χ1n) is 6.86. The molecule has 2 heterocycles. The lowest BCUT2D eigenvalue weighted by Gasteiger charge is -2.10. The lowest BCUT2D eigenvalue weighted by molar-refractivity contribution is -0.139. The van der Waals surface area contributed by atoms with Crippen molar-refractivity contribution in [3.8, 4) is 11.3 Å². The summed E-state index contributed by atoms with van der Waals surface area (Å²) in [7, 11) is 0. The van der Waals surface area contributed by atoms with E-state index in [0.717, 1.165) is 22.6 Å². The van der Waals surface area contributed by atoms with Crippen molar-refractivity contribution in [3.05, 3.63) is 59.0 Å². The molecule has 8 heteroatoms. The zero-order chi connectivity index (χ0) is 17.3. The number of nitrogens with one attached hydrogen (secondary N) is 1. The second kappa shape index (κ2) is 6.20. The van der Waals surface area contributed by atoms with Crippen LogP contribution in [0.4, 0.5) is 28.4 Å². The molecule has 0 aliphatic carbocycles. The Balaban J connectivity index is 1.90. The minimum atomic E-state index is -4.75. The number of aromatic nitrogens is 2. The highest BCUT2D eigenvalue weighted by atomic mass is 32.1. The summed E-state index contributed by atoms with van der Waals surface area (Å²) >= 11 is 1.30. The van der Waals surface area contributed by atoms with Gasteiger partial charge in [-0.15, -0.1) is 11.3 Å². The molecule has 0 aliphatic heterocycles. The van der Waals surface area contributed by atoms with Gasteiger partial charge in [0.15, 0.2) is 5.13 Å². The Hall–Kier alpha value is -2.48. The van der Waals surface area contributed by atoms with Crippen molar-refractivity contribution in [1.82, 2.24) is 9.97 Å². The first kappa shape index (κ1) is 16.4. The van der Waals surface area contributed by atoms with Gasteiger partial charge in [-0.25, -0.2) is 9.37 Å². The van der Waals surface area contributed by atoms with Gasteiger partial charge >= 0.3 is 6.18 Å². The molecule has 0 aliphatic rings. The van der Waals surface area contributed by atoms with Crippen LogP contribution in [0.1, 0.15) is 10.4 Å². The Morgan fingerprint density at radius 1 is 1.17 bits per heavy atom. The molecule has 0 fully saturated rings. The first-order chi connectivity index (χ1) is 11.3. The van der Waals surface area contributed by atoms with Gasteiger partial charge in [0, 0.05) is 28.5 Å². The molecule has 24 heavy (non-hydrogen) atoms. The fourth-order valence-electron chi connectivity index (χ4n) is 2.16. The Morgan fingerprint density at radius 2 is 1.96 bits per heavy atom. The molecule has 1 N–H and O–H groups in total. The summed E-state index contributed by atoms with van der Waals surface area (Å²) in [4.78, 5) is 9.30. The number of rotatable bonds is 3. The van der Waals surface area contributed by atoms with Crippen molar-refractivity contribution < 1.29 is 17.6 Å². The van der Waals surface area contributed by atoms with Gasteiger partial charge in [-0.1, -0.05) is 0 Å². The summed E-state index contributed by atoms with van der Waals surface area (Å²) < 4.78 is 51.6. The van der Waals surface area contributed by atoms with Crippen LogP contribution in [0.5, 0.6) is 0 Å². The molecule has 0 amide bonds. The average Bonchev–Trinajstić information content (AvgIpc) is 2.89. The largest absolute Gasteiger partial charge is 0.419 e. The second-order valence-corrected chi connectivity index (χ2v) is 6.19. The van der Waals surface area contributed by atoms with Crippen molar-refractivity contribution in [1.29, 1.82) is 0 Å². The van der Waals surface area contributed by atoms with Crippen molar-refractivity contribution in [2.45, 2.75) is 13.1 Å². The molecular weight excluding hydrogens is 342 g/mol. The zero-order valence-electron chi connectivity index (χ0n) is 12.4. The van der Waals surface area contributed by atoms with E-state index in [0.29, 0.717) is 10.8 Å². The third kappa shape index (κ3) is 3.38. The van der Waals surface area contributed by atoms with E-state index in [4.69, 9.17) is 0 Å². The standard InChI is InChI=1S/C16H11F4N3S/c1-9-14(10-3-2-6-21-8-10)23-15(24-9)22-11-4-5-13(17)12(7-11)16(18,19)20/h2-8H,1H3,(H,22,23). The molecule has 0 spiro atoms. The van der Waals surface area contributed by atoms with Crippen molar-refractivity contribution in [2.75, 3.05) is 5.32 Å². The molecule has 3 nitrogen and oxygen atoms in total. The van der Waals surface area contributed by atoms with Gasteiger partial charge in [0.05, 0.1) is 11.3 Å². The number of thiazole rings is 1. The average molecular weight is 353 g/mol. The number of hydrogen-bond donors (Lipinski definition) is 1. The third-order valence-corrected chi connectivity index (χ3v) is 4.14. The number of alkyl halides is 3. The molecule has 0 bridgehead atoms. The summed E-state index contributed by atoms with van der Waals surface area (Å²) in [6.07, 6.45) is -1.45. The van der Waals surface area contributed by atoms with E-state index in [2.05, 4.69) is 15.3 Å². The van der Waals surface area contributed by atoms with Crippen LogP contribution in [0, 0.1) is 12.7 Å². The number of aryl methyl sites for hydroxylation is 1. The Bertz CT molecular complexity index is 860. The van der Waals surface area contributed by atoms with E-state index in [1.54, 1.807) is 18.5 Å². The highest BCUT2D eigenvalue weighted by molar-refractivity contribution is 7.16.